The van der Waals surface area contributed by atoms with Gasteiger partial charge in [0.1, 0.15) is 0 Å². The lowest BCUT2D eigenvalue weighted by molar-refractivity contribution is -0.385. The summed E-state index contributed by atoms with van der Waals surface area (Å²) >= 11 is 5.81. The zero-order valence-electron chi connectivity index (χ0n) is 12.0. The minimum atomic E-state index is -0.460. The molecule has 2 rings (SSSR count). The van der Waals surface area contributed by atoms with E-state index in [2.05, 4.69) is 10.3 Å². The van der Waals surface area contributed by atoms with E-state index in [1.54, 1.807) is 16.8 Å². The van der Waals surface area contributed by atoms with Gasteiger partial charge in [0.15, 0.2) is 5.82 Å². The fourth-order valence-corrected chi connectivity index (χ4v) is 2.38. The topological polar surface area (TPSA) is 99.9 Å². The van der Waals surface area contributed by atoms with Gasteiger partial charge in [-0.1, -0.05) is 37.6 Å². The van der Waals surface area contributed by atoms with Gasteiger partial charge in [0.05, 0.1) is 22.7 Å². The number of rotatable bonds is 3. The molecule has 112 valence electrons. The third-order valence-corrected chi connectivity index (χ3v) is 3.27. The van der Waals surface area contributed by atoms with E-state index in [1.807, 2.05) is 20.8 Å². The fraction of sp³-hybridized carbons (Fsp3) is 0.385. The normalized spacial score (nSPS) is 11.6. The molecule has 7 nitrogen and oxygen atoms in total. The maximum Gasteiger partial charge on any atom is 0.275 e. The summed E-state index contributed by atoms with van der Waals surface area (Å²) in [5.41, 5.74) is 6.78. The van der Waals surface area contributed by atoms with Crippen LogP contribution in [0.3, 0.4) is 0 Å². The molecule has 0 saturated carbocycles. The number of anilines is 1. The molecule has 0 saturated heterocycles. The van der Waals surface area contributed by atoms with Gasteiger partial charge >= 0.3 is 0 Å². The quantitative estimate of drug-likeness (QED) is 0.694. The van der Waals surface area contributed by atoms with Crippen LogP contribution in [0.5, 0.6) is 0 Å². The van der Waals surface area contributed by atoms with Crippen molar-refractivity contribution in [2.75, 3.05) is 5.73 Å². The molecule has 1 aromatic heterocycles. The SMILES string of the molecule is CC(C)(C)c1c(N)nnn1Cc1ccc(Cl)cc1[N+](=O)[O-]. The van der Waals surface area contributed by atoms with Gasteiger partial charge < -0.3 is 5.73 Å². The van der Waals surface area contributed by atoms with Gasteiger partial charge in [-0.2, -0.15) is 0 Å². The highest BCUT2D eigenvalue weighted by atomic mass is 35.5. The highest BCUT2D eigenvalue weighted by Gasteiger charge is 2.25. The van der Waals surface area contributed by atoms with Crippen molar-refractivity contribution in [3.05, 3.63) is 44.6 Å². The summed E-state index contributed by atoms with van der Waals surface area (Å²) in [7, 11) is 0. The first-order chi connectivity index (χ1) is 9.70. The molecule has 0 aliphatic carbocycles. The first-order valence-corrected chi connectivity index (χ1v) is 6.70. The lowest BCUT2D eigenvalue weighted by atomic mass is 9.91. The molecule has 0 amide bonds. The Labute approximate surface area is 126 Å². The molecule has 8 heteroatoms. The summed E-state index contributed by atoms with van der Waals surface area (Å²) < 4.78 is 1.59. The Hall–Kier alpha value is -2.15. The number of hydrogen-bond donors (Lipinski definition) is 1. The summed E-state index contributed by atoms with van der Waals surface area (Å²) in [6.45, 7) is 6.16. The zero-order chi connectivity index (χ0) is 15.8. The maximum absolute atomic E-state index is 11.1. The highest BCUT2D eigenvalue weighted by Crippen LogP contribution is 2.29. The number of nitrogens with zero attached hydrogens (tertiary/aromatic N) is 4. The number of halogens is 1. The summed E-state index contributed by atoms with van der Waals surface area (Å²) in [4.78, 5) is 10.7. The molecule has 0 spiro atoms. The van der Waals surface area contributed by atoms with Crippen LogP contribution in [-0.4, -0.2) is 19.9 Å². The second-order valence-electron chi connectivity index (χ2n) is 5.76. The molecule has 0 unspecified atom stereocenters. The van der Waals surface area contributed by atoms with Gasteiger partial charge in [-0.15, -0.1) is 5.10 Å². The molecule has 2 N–H and O–H groups in total. The summed E-state index contributed by atoms with van der Waals surface area (Å²) in [6.07, 6.45) is 0. The van der Waals surface area contributed by atoms with Crippen molar-refractivity contribution in [1.29, 1.82) is 0 Å². The number of nitrogens with two attached hydrogens (primary N) is 1. The molecule has 0 radical (unpaired) electrons. The van der Waals surface area contributed by atoms with Gasteiger partial charge in [-0.25, -0.2) is 4.68 Å². The predicted molar refractivity (Wildman–Crippen MR) is 80.3 cm³/mol. The van der Waals surface area contributed by atoms with Crippen molar-refractivity contribution in [3.63, 3.8) is 0 Å². The molecular formula is C13H16ClN5O2. The first kappa shape index (κ1) is 15.2. The zero-order valence-corrected chi connectivity index (χ0v) is 12.8. The van der Waals surface area contributed by atoms with E-state index in [-0.39, 0.29) is 17.6 Å². The average Bonchev–Trinajstić information content (AvgIpc) is 2.72. The Morgan fingerprint density at radius 3 is 2.67 bits per heavy atom. The third kappa shape index (κ3) is 3.13. The van der Waals surface area contributed by atoms with Crippen LogP contribution in [-0.2, 0) is 12.0 Å². The summed E-state index contributed by atoms with van der Waals surface area (Å²) in [5, 5.41) is 19.3. The van der Waals surface area contributed by atoms with Crippen molar-refractivity contribution in [2.45, 2.75) is 32.7 Å². The van der Waals surface area contributed by atoms with E-state index < -0.39 is 4.92 Å². The van der Waals surface area contributed by atoms with Crippen molar-refractivity contribution < 1.29 is 4.92 Å². The van der Waals surface area contributed by atoms with Crippen LogP contribution in [0, 0.1) is 10.1 Å². The number of hydrogen-bond acceptors (Lipinski definition) is 5. The largest absolute Gasteiger partial charge is 0.381 e. The standard InChI is InChI=1S/C13H16ClN5O2/c1-13(2,3)11-12(15)16-17-18(11)7-8-4-5-9(14)6-10(8)19(20)21/h4-6H,7,15H2,1-3H3. The molecule has 2 aromatic rings. The van der Waals surface area contributed by atoms with Gasteiger partial charge in [0.25, 0.3) is 5.69 Å². The van der Waals surface area contributed by atoms with Crippen molar-refractivity contribution in [1.82, 2.24) is 15.0 Å². The van der Waals surface area contributed by atoms with E-state index in [4.69, 9.17) is 17.3 Å². The smallest absolute Gasteiger partial charge is 0.275 e. The van der Waals surface area contributed by atoms with Crippen molar-refractivity contribution in [2.24, 2.45) is 0 Å². The molecule has 21 heavy (non-hydrogen) atoms. The first-order valence-electron chi connectivity index (χ1n) is 6.32. The van der Waals surface area contributed by atoms with Crippen LogP contribution in [0.1, 0.15) is 32.0 Å². The Morgan fingerprint density at radius 1 is 1.43 bits per heavy atom. The molecule has 1 aromatic carbocycles. The molecule has 0 atom stereocenters. The molecule has 0 fully saturated rings. The second kappa shape index (κ2) is 5.33. The number of nitro groups is 1. The average molecular weight is 310 g/mol. The van der Waals surface area contributed by atoms with E-state index in [0.717, 1.165) is 5.69 Å². The van der Waals surface area contributed by atoms with E-state index in [0.29, 0.717) is 16.4 Å². The lowest BCUT2D eigenvalue weighted by Crippen LogP contribution is -2.20. The summed E-state index contributed by atoms with van der Waals surface area (Å²) in [6, 6.07) is 4.56. The molecule has 0 aliphatic rings. The molecular weight excluding hydrogens is 294 g/mol. The number of aromatic nitrogens is 3. The van der Waals surface area contributed by atoms with E-state index in [1.165, 1.54) is 6.07 Å². The van der Waals surface area contributed by atoms with E-state index in [9.17, 15) is 10.1 Å². The van der Waals surface area contributed by atoms with Gasteiger partial charge in [-0.3, -0.25) is 10.1 Å². The molecule has 1 heterocycles. The van der Waals surface area contributed by atoms with Crippen LogP contribution in [0.2, 0.25) is 5.02 Å². The van der Waals surface area contributed by atoms with Crippen LogP contribution >= 0.6 is 11.6 Å². The van der Waals surface area contributed by atoms with Crippen LogP contribution in [0.25, 0.3) is 0 Å². The Balaban J connectivity index is 2.47. The van der Waals surface area contributed by atoms with Crippen molar-refractivity contribution >= 4 is 23.1 Å². The number of nitro benzene ring substituents is 1. The lowest BCUT2D eigenvalue weighted by Gasteiger charge is -2.20. The monoisotopic (exact) mass is 309 g/mol. The van der Waals surface area contributed by atoms with Crippen LogP contribution in [0.4, 0.5) is 11.5 Å². The minimum Gasteiger partial charge on any atom is -0.381 e. The number of benzene rings is 1. The third-order valence-electron chi connectivity index (χ3n) is 3.04. The summed E-state index contributed by atoms with van der Waals surface area (Å²) in [5.74, 6) is 0.333. The minimum absolute atomic E-state index is 0.0450. The highest BCUT2D eigenvalue weighted by molar-refractivity contribution is 6.30. The van der Waals surface area contributed by atoms with Crippen LogP contribution < -0.4 is 5.73 Å². The predicted octanol–water partition coefficient (Wildman–Crippen LogP) is 2.77. The van der Waals surface area contributed by atoms with Gasteiger partial charge in [0.2, 0.25) is 0 Å². The Morgan fingerprint density at radius 2 is 2.10 bits per heavy atom. The fourth-order valence-electron chi connectivity index (χ4n) is 2.21. The number of nitrogen functional groups attached to an aromatic ring is 1. The second-order valence-corrected chi connectivity index (χ2v) is 6.20. The maximum atomic E-state index is 11.1. The molecule has 0 aliphatic heterocycles. The Kier molecular flexibility index (Phi) is 3.87. The molecule has 0 bridgehead atoms. The van der Waals surface area contributed by atoms with Gasteiger partial charge in [-0.05, 0) is 12.1 Å². The van der Waals surface area contributed by atoms with Gasteiger partial charge in [0, 0.05) is 16.5 Å². The van der Waals surface area contributed by atoms with E-state index >= 15 is 0 Å². The van der Waals surface area contributed by atoms with Crippen molar-refractivity contribution in [3.8, 4) is 0 Å². The van der Waals surface area contributed by atoms with Crippen LogP contribution in [0.15, 0.2) is 18.2 Å². The Bertz CT molecular complexity index is 690.